The monoisotopic (exact) mass is 312 g/mol. The van der Waals surface area contributed by atoms with Crippen molar-refractivity contribution in [2.75, 3.05) is 11.2 Å². The fourth-order valence-corrected chi connectivity index (χ4v) is 2.15. The Morgan fingerprint density at radius 2 is 2.00 bits per heavy atom. The van der Waals surface area contributed by atoms with Crippen molar-refractivity contribution in [1.82, 2.24) is 14.8 Å². The molecule has 0 fully saturated rings. The quantitative estimate of drug-likeness (QED) is 0.753. The maximum absolute atomic E-state index is 11.6. The van der Waals surface area contributed by atoms with Gasteiger partial charge in [-0.05, 0) is 17.7 Å². The van der Waals surface area contributed by atoms with Crippen LogP contribution in [-0.2, 0) is 4.79 Å². The normalized spacial score (nSPS) is 10.4. The van der Waals surface area contributed by atoms with E-state index in [9.17, 15) is 4.79 Å². The molecule has 1 amide bonds. The van der Waals surface area contributed by atoms with Gasteiger partial charge in [0, 0.05) is 18.0 Å². The van der Waals surface area contributed by atoms with Gasteiger partial charge in [0.05, 0.1) is 11.9 Å². The average molecular weight is 313 g/mol. The zero-order valence-electron chi connectivity index (χ0n) is 11.6. The second-order valence-electron chi connectivity index (χ2n) is 4.60. The number of benzene rings is 1. The number of carbonyl (C=O) groups excluding carboxylic acids is 1. The van der Waals surface area contributed by atoms with E-state index in [1.165, 1.54) is 0 Å². The molecule has 0 saturated heterocycles. The summed E-state index contributed by atoms with van der Waals surface area (Å²) in [6.07, 6.45) is 5.26. The third-order valence-corrected chi connectivity index (χ3v) is 3.33. The first-order valence-electron chi connectivity index (χ1n) is 6.69. The topological polar surface area (TPSA) is 59.8 Å². The maximum atomic E-state index is 11.6. The van der Waals surface area contributed by atoms with Crippen LogP contribution in [0.5, 0.6) is 0 Å². The second-order valence-corrected chi connectivity index (χ2v) is 4.86. The molecule has 5 nitrogen and oxygen atoms in total. The molecule has 3 aromatic rings. The van der Waals surface area contributed by atoms with Crippen LogP contribution in [-0.4, -0.2) is 26.6 Å². The first kappa shape index (κ1) is 14.3. The highest BCUT2D eigenvalue weighted by Crippen LogP contribution is 2.28. The van der Waals surface area contributed by atoms with E-state index in [0.29, 0.717) is 5.82 Å². The molecule has 0 aliphatic rings. The van der Waals surface area contributed by atoms with E-state index in [-0.39, 0.29) is 11.8 Å². The molecule has 0 aliphatic heterocycles. The molecule has 1 N–H and O–H groups in total. The zero-order valence-corrected chi connectivity index (χ0v) is 12.4. The van der Waals surface area contributed by atoms with Crippen molar-refractivity contribution in [2.24, 2.45) is 0 Å². The predicted molar refractivity (Wildman–Crippen MR) is 86.1 cm³/mol. The van der Waals surface area contributed by atoms with Gasteiger partial charge in [-0.2, -0.15) is 0 Å². The summed E-state index contributed by atoms with van der Waals surface area (Å²) in [7, 11) is 0. The number of nitrogens with one attached hydrogen (secondary N) is 1. The fourth-order valence-electron chi connectivity index (χ4n) is 2.08. The van der Waals surface area contributed by atoms with Crippen LogP contribution in [0, 0.1) is 0 Å². The lowest BCUT2D eigenvalue weighted by Gasteiger charge is -2.02. The molecule has 6 heteroatoms. The second kappa shape index (κ2) is 6.41. The summed E-state index contributed by atoms with van der Waals surface area (Å²) >= 11 is 5.57. The average Bonchev–Trinajstić information content (AvgIpc) is 3.00. The van der Waals surface area contributed by atoms with Crippen molar-refractivity contribution in [3.63, 3.8) is 0 Å². The summed E-state index contributed by atoms with van der Waals surface area (Å²) in [5, 5.41) is 7.16. The number of hydrogen-bond donors (Lipinski definition) is 1. The molecule has 1 aromatic carbocycles. The van der Waals surface area contributed by atoms with Crippen molar-refractivity contribution in [2.45, 2.75) is 0 Å². The molecule has 0 aliphatic carbocycles. The Hall–Kier alpha value is -2.66. The molecular weight excluding hydrogens is 300 g/mol. The Morgan fingerprint density at radius 3 is 2.68 bits per heavy atom. The highest BCUT2D eigenvalue weighted by molar-refractivity contribution is 6.29. The molecular formula is C16H13ClN4O. The minimum Gasteiger partial charge on any atom is -0.308 e. The third-order valence-electron chi connectivity index (χ3n) is 3.09. The molecule has 0 unspecified atom stereocenters. The molecule has 110 valence electrons. The molecule has 2 aromatic heterocycles. The number of alkyl halides is 1. The lowest BCUT2D eigenvalue weighted by molar-refractivity contribution is -0.113. The van der Waals surface area contributed by atoms with E-state index < -0.39 is 0 Å². The van der Waals surface area contributed by atoms with Gasteiger partial charge >= 0.3 is 0 Å². The van der Waals surface area contributed by atoms with E-state index in [1.54, 1.807) is 17.1 Å². The smallest absolute Gasteiger partial charge is 0.240 e. The van der Waals surface area contributed by atoms with Crippen molar-refractivity contribution < 1.29 is 4.79 Å². The van der Waals surface area contributed by atoms with E-state index in [4.69, 9.17) is 11.6 Å². The Labute approximate surface area is 132 Å². The summed E-state index contributed by atoms with van der Waals surface area (Å²) in [6, 6.07) is 13.4. The SMILES string of the molecule is O=C(CCl)Nc1nn(-c2cccnc2)cc1-c1ccccc1. The van der Waals surface area contributed by atoms with E-state index in [1.807, 2.05) is 48.7 Å². The molecule has 0 atom stereocenters. The van der Waals surface area contributed by atoms with Crippen LogP contribution in [0.15, 0.2) is 61.1 Å². The molecule has 0 saturated carbocycles. The minimum absolute atomic E-state index is 0.117. The predicted octanol–water partition coefficient (Wildman–Crippen LogP) is 3.11. The highest BCUT2D eigenvalue weighted by atomic mass is 35.5. The standard InChI is InChI=1S/C16H13ClN4O/c17-9-15(22)19-16-14(12-5-2-1-3-6-12)11-21(20-16)13-7-4-8-18-10-13/h1-8,10-11H,9H2,(H,19,20,22). The lowest BCUT2D eigenvalue weighted by atomic mass is 10.1. The number of hydrogen-bond acceptors (Lipinski definition) is 3. The number of carbonyl (C=O) groups is 1. The number of rotatable bonds is 4. The van der Waals surface area contributed by atoms with Crippen molar-refractivity contribution in [3.8, 4) is 16.8 Å². The van der Waals surface area contributed by atoms with Gasteiger partial charge in [-0.15, -0.1) is 16.7 Å². The first-order chi connectivity index (χ1) is 10.8. The third kappa shape index (κ3) is 2.99. The summed E-state index contributed by atoms with van der Waals surface area (Å²) in [4.78, 5) is 15.7. The number of pyridine rings is 1. The summed E-state index contributed by atoms with van der Waals surface area (Å²) in [5.41, 5.74) is 2.59. The maximum Gasteiger partial charge on any atom is 0.240 e. The van der Waals surface area contributed by atoms with Crippen LogP contribution in [0.4, 0.5) is 5.82 Å². The van der Waals surface area contributed by atoms with Crippen molar-refractivity contribution in [1.29, 1.82) is 0 Å². The molecule has 0 radical (unpaired) electrons. The van der Waals surface area contributed by atoms with E-state index in [2.05, 4.69) is 15.4 Å². The Bertz CT molecular complexity index is 771. The molecule has 0 bridgehead atoms. The molecule has 2 heterocycles. The minimum atomic E-state index is -0.296. The van der Waals surface area contributed by atoms with Crippen LogP contribution in [0.1, 0.15) is 0 Å². The van der Waals surface area contributed by atoms with Crippen molar-refractivity contribution in [3.05, 3.63) is 61.1 Å². The van der Waals surface area contributed by atoms with Crippen LogP contribution in [0.3, 0.4) is 0 Å². The number of halogens is 1. The van der Waals surface area contributed by atoms with Gasteiger partial charge in [-0.3, -0.25) is 9.78 Å². The summed E-state index contributed by atoms with van der Waals surface area (Å²) < 4.78 is 1.68. The number of anilines is 1. The molecule has 0 spiro atoms. The van der Waals surface area contributed by atoms with E-state index in [0.717, 1.165) is 16.8 Å². The van der Waals surface area contributed by atoms with Crippen LogP contribution in [0.25, 0.3) is 16.8 Å². The van der Waals surface area contributed by atoms with E-state index >= 15 is 0 Å². The van der Waals surface area contributed by atoms with Gasteiger partial charge in [0.15, 0.2) is 5.82 Å². The Morgan fingerprint density at radius 1 is 1.18 bits per heavy atom. The van der Waals surface area contributed by atoms with Gasteiger partial charge in [0.2, 0.25) is 5.91 Å². The van der Waals surface area contributed by atoms with Crippen LogP contribution in [0.2, 0.25) is 0 Å². The van der Waals surface area contributed by atoms with Crippen LogP contribution >= 0.6 is 11.6 Å². The van der Waals surface area contributed by atoms with Gasteiger partial charge in [0.25, 0.3) is 0 Å². The van der Waals surface area contributed by atoms with Crippen molar-refractivity contribution >= 4 is 23.3 Å². The fraction of sp³-hybridized carbons (Fsp3) is 0.0625. The highest BCUT2D eigenvalue weighted by Gasteiger charge is 2.14. The van der Waals surface area contributed by atoms with Gasteiger partial charge in [0.1, 0.15) is 5.88 Å². The van der Waals surface area contributed by atoms with Crippen LogP contribution < -0.4 is 5.32 Å². The van der Waals surface area contributed by atoms with Gasteiger partial charge in [-0.25, -0.2) is 4.68 Å². The number of nitrogens with zero attached hydrogens (tertiary/aromatic N) is 3. The molecule has 3 rings (SSSR count). The van der Waals surface area contributed by atoms with Gasteiger partial charge in [-0.1, -0.05) is 30.3 Å². The lowest BCUT2D eigenvalue weighted by Crippen LogP contribution is -2.13. The van der Waals surface area contributed by atoms with Gasteiger partial charge < -0.3 is 5.32 Å². The molecule has 22 heavy (non-hydrogen) atoms. The number of amides is 1. The Balaban J connectivity index is 2.07. The Kier molecular flexibility index (Phi) is 4.16. The number of aromatic nitrogens is 3. The first-order valence-corrected chi connectivity index (χ1v) is 7.22. The zero-order chi connectivity index (χ0) is 15.4. The summed E-state index contributed by atoms with van der Waals surface area (Å²) in [6.45, 7) is 0. The largest absolute Gasteiger partial charge is 0.308 e. The summed E-state index contributed by atoms with van der Waals surface area (Å²) in [5.74, 6) is 0.0598.